The average Bonchev–Trinajstić information content (AvgIpc) is 3.12. The quantitative estimate of drug-likeness (QED) is 0.0241. The van der Waals surface area contributed by atoms with Gasteiger partial charge in [0, 0.05) is 12.8 Å². The molecule has 300 valence electrons. The number of ether oxygens (including phenoxy) is 2. The molecule has 0 aliphatic carbocycles. The first-order valence-corrected chi connectivity index (χ1v) is 21.8. The van der Waals surface area contributed by atoms with Gasteiger partial charge in [-0.05, 0) is 64.2 Å². The number of carbonyl (C=O) groups is 2. The highest BCUT2D eigenvalue weighted by Gasteiger charge is 2.27. The lowest BCUT2D eigenvalue weighted by Gasteiger charge is -2.20. The molecule has 2 unspecified atom stereocenters. The summed E-state index contributed by atoms with van der Waals surface area (Å²) < 4.78 is 32.5. The van der Waals surface area contributed by atoms with Crippen molar-refractivity contribution in [2.75, 3.05) is 26.4 Å². The average molecular weight is 747 g/mol. The van der Waals surface area contributed by atoms with Crippen LogP contribution in [0.2, 0.25) is 0 Å². The number of rotatable bonds is 38. The van der Waals surface area contributed by atoms with Gasteiger partial charge < -0.3 is 24.6 Å². The number of unbranched alkanes of at least 4 members (excludes halogenated alkanes) is 20. The van der Waals surface area contributed by atoms with E-state index in [1.54, 1.807) is 0 Å². The van der Waals surface area contributed by atoms with Crippen LogP contribution in [0, 0.1) is 0 Å². The summed E-state index contributed by atoms with van der Waals surface area (Å²) in [6, 6.07) is 0. The van der Waals surface area contributed by atoms with E-state index in [-0.39, 0.29) is 12.8 Å². The number of hydrogen-bond donors (Lipinski definition) is 3. The molecule has 0 amide bonds. The first-order valence-electron chi connectivity index (χ1n) is 20.3. The summed E-state index contributed by atoms with van der Waals surface area (Å²) in [5, 5.41) is 19.1. The molecule has 0 heterocycles. The predicted molar refractivity (Wildman–Crippen MR) is 205 cm³/mol. The molecular formula is C40H75O10P. The molecule has 0 rings (SSSR count). The van der Waals surface area contributed by atoms with E-state index in [2.05, 4.69) is 38.2 Å². The molecule has 0 aromatic rings. The summed E-state index contributed by atoms with van der Waals surface area (Å²) in [4.78, 5) is 34.4. The first kappa shape index (κ1) is 49.5. The second-order valence-corrected chi connectivity index (χ2v) is 15.1. The predicted octanol–water partition coefficient (Wildman–Crippen LogP) is 10.2. The Morgan fingerprint density at radius 1 is 0.510 bits per heavy atom. The minimum absolute atomic E-state index is 0.183. The van der Waals surface area contributed by atoms with E-state index in [1.165, 1.54) is 64.2 Å². The summed E-state index contributed by atoms with van der Waals surface area (Å²) in [6.07, 6.45) is 34.3. The highest BCUT2D eigenvalue weighted by Crippen LogP contribution is 2.43. The van der Waals surface area contributed by atoms with Crippen LogP contribution in [0.3, 0.4) is 0 Å². The van der Waals surface area contributed by atoms with Gasteiger partial charge in [0.05, 0.1) is 26.4 Å². The van der Waals surface area contributed by atoms with Crippen molar-refractivity contribution < 1.29 is 47.8 Å². The fraction of sp³-hybridized carbons (Fsp3) is 0.850. The summed E-state index contributed by atoms with van der Waals surface area (Å²) in [5.74, 6) is -1.03. The van der Waals surface area contributed by atoms with Gasteiger partial charge in [-0.25, -0.2) is 4.57 Å². The molecule has 0 aromatic carbocycles. The van der Waals surface area contributed by atoms with Gasteiger partial charge in [0.2, 0.25) is 0 Å². The van der Waals surface area contributed by atoms with Crippen LogP contribution < -0.4 is 0 Å². The minimum Gasteiger partial charge on any atom is -0.457 e. The van der Waals surface area contributed by atoms with Crippen molar-refractivity contribution in [3.8, 4) is 0 Å². The third kappa shape index (κ3) is 35.3. The monoisotopic (exact) mass is 747 g/mol. The zero-order valence-electron chi connectivity index (χ0n) is 32.3. The van der Waals surface area contributed by atoms with Crippen molar-refractivity contribution in [1.82, 2.24) is 0 Å². The molecule has 0 saturated heterocycles. The maximum absolute atomic E-state index is 12.3. The molecule has 0 fully saturated rings. The van der Waals surface area contributed by atoms with Crippen molar-refractivity contribution in [3.63, 3.8) is 0 Å². The zero-order chi connectivity index (χ0) is 37.7. The smallest absolute Gasteiger partial charge is 0.457 e. The zero-order valence-corrected chi connectivity index (χ0v) is 33.2. The molecule has 0 saturated carbocycles. The van der Waals surface area contributed by atoms with E-state index in [1.807, 2.05) is 0 Å². The van der Waals surface area contributed by atoms with Crippen LogP contribution in [-0.2, 0) is 32.7 Å². The molecule has 2 atom stereocenters. The van der Waals surface area contributed by atoms with Gasteiger partial charge in [-0.3, -0.25) is 18.6 Å². The summed E-state index contributed by atoms with van der Waals surface area (Å²) in [6.45, 7) is 2.16. The van der Waals surface area contributed by atoms with E-state index >= 15 is 0 Å². The molecule has 51 heavy (non-hydrogen) atoms. The van der Waals surface area contributed by atoms with Crippen molar-refractivity contribution >= 4 is 19.8 Å². The van der Waals surface area contributed by atoms with Crippen molar-refractivity contribution in [2.24, 2.45) is 0 Å². The molecule has 0 aliphatic heterocycles. The lowest BCUT2D eigenvalue weighted by Crippen LogP contribution is -2.28. The maximum atomic E-state index is 12.3. The number of aliphatic hydroxyl groups excluding tert-OH is 2. The van der Waals surface area contributed by atoms with Crippen molar-refractivity contribution in [2.45, 2.75) is 193 Å². The van der Waals surface area contributed by atoms with Crippen LogP contribution in [0.5, 0.6) is 0 Å². The van der Waals surface area contributed by atoms with E-state index in [4.69, 9.17) is 18.5 Å². The maximum Gasteiger partial charge on any atom is 0.472 e. The number of allylic oxidation sites excluding steroid dienone is 4. The van der Waals surface area contributed by atoms with Crippen LogP contribution in [-0.4, -0.2) is 65.7 Å². The fourth-order valence-electron chi connectivity index (χ4n) is 5.46. The van der Waals surface area contributed by atoms with Gasteiger partial charge in [0.25, 0.3) is 0 Å². The molecule has 11 heteroatoms. The Labute approximate surface area is 310 Å². The van der Waals surface area contributed by atoms with Crippen molar-refractivity contribution in [1.29, 1.82) is 0 Å². The number of phosphoric ester groups is 1. The molecule has 0 aromatic heterocycles. The SMILES string of the molecule is CCCCCCC/C=C\CCCCCCCC(=O)OC(CO)COP(=O)(O)OCC(CO)OC(=O)CCCCCCC/C=C\CCCCCCC. The molecule has 3 N–H and O–H groups in total. The summed E-state index contributed by atoms with van der Waals surface area (Å²) >= 11 is 0. The van der Waals surface area contributed by atoms with E-state index < -0.39 is 58.4 Å². The molecular weight excluding hydrogens is 671 g/mol. The van der Waals surface area contributed by atoms with Crippen LogP contribution in [0.1, 0.15) is 181 Å². The van der Waals surface area contributed by atoms with Gasteiger partial charge in [0.1, 0.15) is 12.2 Å². The van der Waals surface area contributed by atoms with Gasteiger partial charge in [-0.1, -0.05) is 128 Å². The summed E-state index contributed by atoms with van der Waals surface area (Å²) in [7, 11) is -4.63. The molecule has 0 aliphatic rings. The Hall–Kier alpha value is -1.55. The Morgan fingerprint density at radius 3 is 1.12 bits per heavy atom. The molecule has 0 spiro atoms. The van der Waals surface area contributed by atoms with Crippen LogP contribution in [0.4, 0.5) is 0 Å². The molecule has 0 radical (unpaired) electrons. The summed E-state index contributed by atoms with van der Waals surface area (Å²) in [5.41, 5.74) is 0. The van der Waals surface area contributed by atoms with Crippen LogP contribution >= 0.6 is 7.82 Å². The third-order valence-corrected chi connectivity index (χ3v) is 9.59. The van der Waals surface area contributed by atoms with E-state index in [0.717, 1.165) is 77.0 Å². The molecule has 10 nitrogen and oxygen atoms in total. The van der Waals surface area contributed by atoms with E-state index in [9.17, 15) is 29.3 Å². The Balaban J connectivity index is 3.98. The Bertz CT molecular complexity index is 842. The normalized spacial score (nSPS) is 14.2. The largest absolute Gasteiger partial charge is 0.472 e. The molecule has 0 bridgehead atoms. The number of phosphoric acid groups is 1. The first-order chi connectivity index (χ1) is 24.8. The van der Waals surface area contributed by atoms with Crippen molar-refractivity contribution in [3.05, 3.63) is 24.3 Å². The third-order valence-electron chi connectivity index (χ3n) is 8.64. The number of aliphatic hydroxyl groups is 2. The van der Waals surface area contributed by atoms with Gasteiger partial charge in [-0.2, -0.15) is 0 Å². The highest BCUT2D eigenvalue weighted by molar-refractivity contribution is 7.47. The lowest BCUT2D eigenvalue weighted by atomic mass is 10.1. The topological polar surface area (TPSA) is 149 Å². The number of carbonyl (C=O) groups excluding carboxylic acids is 2. The van der Waals surface area contributed by atoms with Gasteiger partial charge >= 0.3 is 19.8 Å². The van der Waals surface area contributed by atoms with Gasteiger partial charge in [0.15, 0.2) is 0 Å². The number of esters is 2. The Kier molecular flexibility index (Phi) is 35.7. The second-order valence-electron chi connectivity index (χ2n) is 13.6. The Morgan fingerprint density at radius 2 is 0.804 bits per heavy atom. The van der Waals surface area contributed by atoms with Crippen LogP contribution in [0.25, 0.3) is 0 Å². The van der Waals surface area contributed by atoms with E-state index in [0.29, 0.717) is 12.8 Å². The minimum atomic E-state index is -4.63. The standard InChI is InChI=1S/C40H75O10P/c1-3-5-7-9-11-13-15-17-19-21-23-25-27-29-31-39(43)49-37(33-41)35-47-51(45,46)48-36-38(34-42)50-40(44)32-30-28-26-24-22-20-18-16-14-12-10-8-6-4-2/h15-18,37-38,41-42H,3-14,19-36H2,1-2H3,(H,45,46)/b17-15-,18-16-. The fourth-order valence-corrected chi connectivity index (χ4v) is 6.24. The lowest BCUT2D eigenvalue weighted by molar-refractivity contribution is -0.153. The second kappa shape index (κ2) is 36.8. The highest BCUT2D eigenvalue weighted by atomic mass is 31.2. The van der Waals surface area contributed by atoms with Crippen LogP contribution in [0.15, 0.2) is 24.3 Å². The number of hydrogen-bond acceptors (Lipinski definition) is 9. The van der Waals surface area contributed by atoms with Gasteiger partial charge in [-0.15, -0.1) is 0 Å².